The van der Waals surface area contributed by atoms with E-state index in [1.165, 1.54) is 103 Å². The summed E-state index contributed by atoms with van der Waals surface area (Å²) in [5, 5.41) is 0. The maximum absolute atomic E-state index is 12.5. The van der Waals surface area contributed by atoms with E-state index in [-0.39, 0.29) is 24.6 Å². The predicted molar refractivity (Wildman–Crippen MR) is 203 cm³/mol. The number of carbonyl (C=O) groups excluding carboxylic acids is 2. The van der Waals surface area contributed by atoms with Gasteiger partial charge in [-0.2, -0.15) is 0 Å². The van der Waals surface area contributed by atoms with Gasteiger partial charge in [-0.3, -0.25) is 9.59 Å². The van der Waals surface area contributed by atoms with Crippen molar-refractivity contribution in [2.45, 2.75) is 193 Å². The molecule has 5 nitrogen and oxygen atoms in total. The highest BCUT2D eigenvalue weighted by atomic mass is 16.6. The Morgan fingerprint density at radius 2 is 0.936 bits per heavy atom. The minimum atomic E-state index is -0.374. The molecule has 0 aliphatic heterocycles. The van der Waals surface area contributed by atoms with Crippen molar-refractivity contribution < 1.29 is 19.1 Å². The zero-order chi connectivity index (χ0) is 34.5. The lowest BCUT2D eigenvalue weighted by Crippen LogP contribution is -2.29. The summed E-state index contributed by atoms with van der Waals surface area (Å²) in [4.78, 5) is 26.9. The van der Waals surface area contributed by atoms with Gasteiger partial charge >= 0.3 is 11.9 Å². The molecule has 0 saturated carbocycles. The van der Waals surface area contributed by atoms with E-state index < -0.39 is 0 Å². The number of nitrogens with zero attached hydrogens (tertiary/aromatic N) is 1. The van der Waals surface area contributed by atoms with Crippen LogP contribution < -0.4 is 0 Å². The Morgan fingerprint density at radius 1 is 0.532 bits per heavy atom. The van der Waals surface area contributed by atoms with Gasteiger partial charge in [0.05, 0.1) is 0 Å². The van der Waals surface area contributed by atoms with Crippen LogP contribution in [0.2, 0.25) is 0 Å². The summed E-state index contributed by atoms with van der Waals surface area (Å²) in [7, 11) is 4.00. The molecule has 0 aliphatic carbocycles. The molecule has 0 radical (unpaired) electrons. The molecule has 0 bridgehead atoms. The van der Waals surface area contributed by atoms with Gasteiger partial charge in [-0.1, -0.05) is 134 Å². The average molecular weight is 660 g/mol. The van der Waals surface area contributed by atoms with Gasteiger partial charge < -0.3 is 14.4 Å². The lowest BCUT2D eigenvalue weighted by atomic mass is 10.1. The van der Waals surface area contributed by atoms with Gasteiger partial charge in [-0.15, -0.1) is 0 Å². The minimum Gasteiger partial charge on any atom is -0.462 e. The largest absolute Gasteiger partial charge is 0.462 e. The van der Waals surface area contributed by atoms with Gasteiger partial charge in [0.25, 0.3) is 0 Å². The first-order chi connectivity index (χ1) is 23.0. The highest BCUT2D eigenvalue weighted by molar-refractivity contribution is 5.70. The van der Waals surface area contributed by atoms with Crippen LogP contribution in [0.15, 0.2) is 36.5 Å². The topological polar surface area (TPSA) is 55.8 Å². The van der Waals surface area contributed by atoms with E-state index in [0.717, 1.165) is 57.9 Å². The molecule has 47 heavy (non-hydrogen) atoms. The summed E-state index contributed by atoms with van der Waals surface area (Å²) in [6, 6.07) is 0. The molecule has 0 rings (SSSR count). The molecule has 0 amide bonds. The number of rotatable bonds is 35. The van der Waals surface area contributed by atoms with Crippen LogP contribution >= 0.6 is 0 Å². The fraction of sp³-hybridized carbons (Fsp3) is 0.810. The van der Waals surface area contributed by atoms with Crippen LogP contribution in [0, 0.1) is 0 Å². The third-order valence-electron chi connectivity index (χ3n) is 8.60. The van der Waals surface area contributed by atoms with Crippen molar-refractivity contribution in [3.8, 4) is 0 Å². The normalized spacial score (nSPS) is 12.6. The second-order valence-corrected chi connectivity index (χ2v) is 13.7. The second-order valence-electron chi connectivity index (χ2n) is 13.7. The van der Waals surface area contributed by atoms with Crippen LogP contribution in [0.25, 0.3) is 0 Å². The van der Waals surface area contributed by atoms with Gasteiger partial charge in [0.2, 0.25) is 0 Å². The van der Waals surface area contributed by atoms with Crippen LogP contribution in [0.3, 0.4) is 0 Å². The first kappa shape index (κ1) is 45.1. The molecule has 274 valence electrons. The zero-order valence-electron chi connectivity index (χ0n) is 31.6. The third kappa shape index (κ3) is 36.8. The Labute approximate surface area is 292 Å². The van der Waals surface area contributed by atoms with Crippen LogP contribution in [-0.2, 0) is 19.1 Å². The lowest BCUT2D eigenvalue weighted by Gasteiger charge is -2.20. The second kappa shape index (κ2) is 36.9. The average Bonchev–Trinajstić information content (AvgIpc) is 3.05. The van der Waals surface area contributed by atoms with E-state index in [1.54, 1.807) is 0 Å². The molecule has 0 aromatic heterocycles. The lowest BCUT2D eigenvalue weighted by molar-refractivity contribution is -0.159. The molecule has 0 aromatic rings. The SMILES string of the molecule is CCCCC/C=C\C/C=C\CCCCCCCC(=O)O[C@@H](CCN(C)C)COC(=O)CCCCCCC/C=C\CCCCCCCC. The summed E-state index contributed by atoms with van der Waals surface area (Å²) in [6.45, 7) is 5.45. The van der Waals surface area contributed by atoms with Crippen LogP contribution in [0.5, 0.6) is 0 Å². The summed E-state index contributed by atoms with van der Waals surface area (Å²) < 4.78 is 11.3. The molecule has 0 aromatic carbocycles. The van der Waals surface area contributed by atoms with E-state index >= 15 is 0 Å². The monoisotopic (exact) mass is 660 g/mol. The molecular formula is C42H77NO4. The quantitative estimate of drug-likeness (QED) is 0.0385. The Kier molecular flexibility index (Phi) is 35.5. The molecule has 0 fully saturated rings. The van der Waals surface area contributed by atoms with Crippen LogP contribution in [0.1, 0.15) is 187 Å². The van der Waals surface area contributed by atoms with E-state index in [1.807, 2.05) is 14.1 Å². The van der Waals surface area contributed by atoms with Crippen molar-refractivity contribution >= 4 is 11.9 Å². The summed E-state index contributed by atoms with van der Waals surface area (Å²) in [6.07, 6.45) is 43.9. The fourth-order valence-electron chi connectivity index (χ4n) is 5.50. The Balaban J connectivity index is 3.89. The number of allylic oxidation sites excluding steroid dienone is 6. The zero-order valence-corrected chi connectivity index (χ0v) is 31.6. The van der Waals surface area contributed by atoms with E-state index in [4.69, 9.17) is 9.47 Å². The molecule has 0 spiro atoms. The molecule has 1 atom stereocenters. The van der Waals surface area contributed by atoms with Crippen molar-refractivity contribution in [2.75, 3.05) is 27.2 Å². The first-order valence-corrected chi connectivity index (χ1v) is 19.9. The first-order valence-electron chi connectivity index (χ1n) is 19.9. The van der Waals surface area contributed by atoms with Crippen molar-refractivity contribution in [1.29, 1.82) is 0 Å². The summed E-state index contributed by atoms with van der Waals surface area (Å²) in [5.74, 6) is -0.352. The van der Waals surface area contributed by atoms with Gasteiger partial charge in [0.15, 0.2) is 0 Å². The van der Waals surface area contributed by atoms with E-state index in [0.29, 0.717) is 19.3 Å². The third-order valence-corrected chi connectivity index (χ3v) is 8.60. The number of ether oxygens (including phenoxy) is 2. The van der Waals surface area contributed by atoms with E-state index in [2.05, 4.69) is 55.2 Å². The minimum absolute atomic E-state index is 0.158. The van der Waals surface area contributed by atoms with Gasteiger partial charge in [0.1, 0.15) is 12.7 Å². The molecule has 0 N–H and O–H groups in total. The van der Waals surface area contributed by atoms with E-state index in [9.17, 15) is 9.59 Å². The smallest absolute Gasteiger partial charge is 0.306 e. The molecule has 0 unspecified atom stereocenters. The van der Waals surface area contributed by atoms with Crippen molar-refractivity contribution in [3.05, 3.63) is 36.5 Å². The van der Waals surface area contributed by atoms with Gasteiger partial charge in [-0.05, 0) is 84.7 Å². The highest BCUT2D eigenvalue weighted by Gasteiger charge is 2.17. The molecule has 0 aliphatic rings. The maximum Gasteiger partial charge on any atom is 0.306 e. The number of esters is 2. The van der Waals surface area contributed by atoms with Crippen molar-refractivity contribution in [3.63, 3.8) is 0 Å². The van der Waals surface area contributed by atoms with Crippen molar-refractivity contribution in [1.82, 2.24) is 4.90 Å². The fourth-order valence-corrected chi connectivity index (χ4v) is 5.50. The predicted octanol–water partition coefficient (Wildman–Crippen LogP) is 12.2. The number of hydrogen-bond acceptors (Lipinski definition) is 5. The van der Waals surface area contributed by atoms with Gasteiger partial charge in [0, 0.05) is 25.8 Å². The highest BCUT2D eigenvalue weighted by Crippen LogP contribution is 2.13. The Hall–Kier alpha value is -1.88. The standard InChI is InChI=1S/C42H77NO4/c1-5-7-9-11-13-15-17-19-21-23-25-27-29-31-33-35-41(44)46-39-40(37-38-43(3)4)47-42(45)36-34-32-30-28-26-24-22-20-18-16-14-12-10-8-6-2/h14,16,19-22,40H,5-13,15,17-18,23-39H2,1-4H3/b16-14-,21-19-,22-20-/t40-/m0/s1. The maximum atomic E-state index is 12.5. The summed E-state index contributed by atoms with van der Waals surface area (Å²) in [5.41, 5.74) is 0. The Bertz CT molecular complexity index is 773. The van der Waals surface area contributed by atoms with Crippen LogP contribution in [-0.4, -0.2) is 50.2 Å². The van der Waals surface area contributed by atoms with Crippen LogP contribution in [0.4, 0.5) is 0 Å². The Morgan fingerprint density at radius 3 is 1.45 bits per heavy atom. The number of hydrogen-bond donors (Lipinski definition) is 0. The van der Waals surface area contributed by atoms with Gasteiger partial charge in [-0.25, -0.2) is 0 Å². The molecule has 5 heteroatoms. The number of unbranched alkanes of at least 4 members (excludes halogenated alkanes) is 19. The molecular weight excluding hydrogens is 582 g/mol. The van der Waals surface area contributed by atoms with Crippen molar-refractivity contribution in [2.24, 2.45) is 0 Å². The molecule has 0 heterocycles. The summed E-state index contributed by atoms with van der Waals surface area (Å²) >= 11 is 0. The number of carbonyl (C=O) groups is 2. The molecule has 0 saturated heterocycles.